The number of aromatic nitrogens is 2. The second-order valence-electron chi connectivity index (χ2n) is 10.3. The van der Waals surface area contributed by atoms with Crippen LogP contribution < -0.4 is 4.90 Å². The maximum atomic E-state index is 14.9. The number of nitrogens with zero attached hydrogens (tertiary/aromatic N) is 3. The third kappa shape index (κ3) is 4.59. The fraction of sp³-hybridized carbons (Fsp3) is 0.393. The summed E-state index contributed by atoms with van der Waals surface area (Å²) in [5.74, 6) is -1.51. The van der Waals surface area contributed by atoms with Gasteiger partial charge >= 0.3 is 5.97 Å². The maximum Gasteiger partial charge on any atom is 0.303 e. The molecule has 7 nitrogen and oxygen atoms in total. The Morgan fingerprint density at radius 2 is 1.92 bits per heavy atom. The van der Waals surface area contributed by atoms with Crippen LogP contribution in [0.1, 0.15) is 54.8 Å². The fourth-order valence-electron chi connectivity index (χ4n) is 5.79. The first kappa shape index (κ1) is 25.3. The lowest BCUT2D eigenvalue weighted by Gasteiger charge is -2.32. The minimum absolute atomic E-state index is 0.0742. The number of anilines is 1. The summed E-state index contributed by atoms with van der Waals surface area (Å²) in [5, 5.41) is 14.4. The average Bonchev–Trinajstić information content (AvgIpc) is 3.39. The molecule has 1 N–H and O–H groups in total. The molecule has 0 spiro atoms. The zero-order valence-corrected chi connectivity index (χ0v) is 22.0. The lowest BCUT2D eigenvalue weighted by atomic mass is 10.0. The van der Waals surface area contributed by atoms with Gasteiger partial charge < -0.3 is 14.7 Å². The molecule has 1 aliphatic heterocycles. The van der Waals surface area contributed by atoms with Gasteiger partial charge in [0.05, 0.1) is 46.3 Å². The summed E-state index contributed by atoms with van der Waals surface area (Å²) >= 11 is 12.9. The third-order valence-corrected chi connectivity index (χ3v) is 8.41. The molecule has 38 heavy (non-hydrogen) atoms. The van der Waals surface area contributed by atoms with Gasteiger partial charge in [-0.1, -0.05) is 35.3 Å². The zero-order chi connectivity index (χ0) is 26.6. The molecular weight excluding hydrogens is 532 g/mol. The summed E-state index contributed by atoms with van der Waals surface area (Å²) in [4.78, 5) is 25.7. The number of aryl methyl sites for hydroxylation is 1. The summed E-state index contributed by atoms with van der Waals surface area (Å²) in [6.07, 6.45) is 5.14. The van der Waals surface area contributed by atoms with Gasteiger partial charge in [-0.25, -0.2) is 9.07 Å². The van der Waals surface area contributed by atoms with E-state index in [0.717, 1.165) is 24.1 Å². The Labute approximate surface area is 229 Å². The number of carbonyl (C=O) groups excluding carboxylic acids is 1. The average molecular weight is 558 g/mol. The number of carboxylic acids is 1. The number of halogens is 3. The van der Waals surface area contributed by atoms with Crippen LogP contribution in [0.2, 0.25) is 10.0 Å². The van der Waals surface area contributed by atoms with E-state index in [1.54, 1.807) is 39.9 Å². The highest BCUT2D eigenvalue weighted by Crippen LogP contribution is 2.46. The van der Waals surface area contributed by atoms with Crippen LogP contribution >= 0.6 is 23.2 Å². The lowest BCUT2D eigenvalue weighted by molar-refractivity contribution is -0.137. The van der Waals surface area contributed by atoms with Crippen LogP contribution in [0.25, 0.3) is 5.69 Å². The molecule has 2 saturated carbocycles. The number of carboxylic acid groups (broad SMARTS) is 1. The minimum Gasteiger partial charge on any atom is -0.481 e. The summed E-state index contributed by atoms with van der Waals surface area (Å²) in [6, 6.07) is 9.77. The second-order valence-corrected chi connectivity index (χ2v) is 11.1. The third-order valence-electron chi connectivity index (χ3n) is 7.80. The number of rotatable bonds is 9. The number of hydrogen-bond donors (Lipinski definition) is 1. The molecule has 198 valence electrons. The van der Waals surface area contributed by atoms with E-state index >= 15 is 0 Å². The van der Waals surface area contributed by atoms with Gasteiger partial charge in [0.2, 0.25) is 5.91 Å². The summed E-state index contributed by atoms with van der Waals surface area (Å²) in [7, 11) is 0. The molecule has 2 bridgehead atoms. The van der Waals surface area contributed by atoms with Crippen molar-refractivity contribution in [3.8, 4) is 5.69 Å². The quantitative estimate of drug-likeness (QED) is 0.352. The highest BCUT2D eigenvalue weighted by atomic mass is 35.5. The molecule has 1 aromatic heterocycles. The Morgan fingerprint density at radius 1 is 1.16 bits per heavy atom. The number of fused-ring (bicyclic) bond motifs is 2. The monoisotopic (exact) mass is 557 g/mol. The molecule has 1 amide bonds. The van der Waals surface area contributed by atoms with Crippen molar-refractivity contribution < 1.29 is 23.8 Å². The van der Waals surface area contributed by atoms with Crippen molar-refractivity contribution in [2.75, 3.05) is 4.90 Å². The van der Waals surface area contributed by atoms with Crippen molar-refractivity contribution in [3.05, 3.63) is 75.3 Å². The number of amides is 1. The molecule has 2 aromatic carbocycles. The second kappa shape index (κ2) is 9.98. The summed E-state index contributed by atoms with van der Waals surface area (Å²) in [6.45, 7) is 0.265. The first-order valence-electron chi connectivity index (χ1n) is 12.8. The van der Waals surface area contributed by atoms with E-state index in [-0.39, 0.29) is 49.1 Å². The molecule has 1 saturated heterocycles. The Kier molecular flexibility index (Phi) is 6.66. The van der Waals surface area contributed by atoms with Gasteiger partial charge in [0, 0.05) is 12.5 Å². The van der Waals surface area contributed by atoms with E-state index in [0.29, 0.717) is 40.1 Å². The molecule has 0 unspecified atom stereocenters. The first-order chi connectivity index (χ1) is 18.3. The number of ether oxygens (including phenoxy) is 1. The maximum absolute atomic E-state index is 14.9. The van der Waals surface area contributed by atoms with Crippen LogP contribution in [-0.4, -0.2) is 38.9 Å². The Hall–Kier alpha value is -2.94. The van der Waals surface area contributed by atoms with E-state index in [2.05, 4.69) is 5.10 Å². The number of piperidine rings is 1. The molecule has 10 heteroatoms. The molecule has 2 heterocycles. The first-order valence-corrected chi connectivity index (χ1v) is 13.5. The standard InChI is InChI=1S/C28H26Cl2FN3O4/c29-20-2-1-3-21(30)27(20)34-24(19(13-32-34)16-6-7-16)14-38-25-12-17-11-18(25)28(37)33(17)23-8-4-15(10-22(23)31)5-9-26(35)36/h1-4,8,10,13,16-18,25H,5-7,9,11-12,14H2,(H,35,36)/t17-,18+,25+/m0/s1. The van der Waals surface area contributed by atoms with E-state index in [9.17, 15) is 14.0 Å². The van der Waals surface area contributed by atoms with Crippen molar-refractivity contribution in [2.45, 2.75) is 63.2 Å². The van der Waals surface area contributed by atoms with E-state index in [1.165, 1.54) is 6.07 Å². The molecule has 3 aromatic rings. The molecule has 3 atom stereocenters. The van der Waals surface area contributed by atoms with E-state index in [1.807, 2.05) is 6.20 Å². The molecule has 3 fully saturated rings. The molecule has 2 aliphatic carbocycles. The van der Waals surface area contributed by atoms with Crippen molar-refractivity contribution in [2.24, 2.45) is 5.92 Å². The number of carbonyl (C=O) groups is 2. The normalized spacial score (nSPS) is 22.4. The van der Waals surface area contributed by atoms with Crippen molar-refractivity contribution in [1.82, 2.24) is 9.78 Å². The number of hydrogen-bond acceptors (Lipinski definition) is 4. The van der Waals surface area contributed by atoms with Crippen LogP contribution in [0.15, 0.2) is 42.6 Å². The highest BCUT2D eigenvalue weighted by Gasteiger charge is 2.52. The number of para-hydroxylation sites is 1. The number of aliphatic carboxylic acids is 1. The molecule has 3 aliphatic rings. The Balaban J connectivity index is 1.18. The van der Waals surface area contributed by atoms with Gasteiger partial charge in [0.15, 0.2) is 0 Å². The van der Waals surface area contributed by atoms with Gasteiger partial charge in [-0.05, 0) is 73.4 Å². The van der Waals surface area contributed by atoms with Gasteiger partial charge in [0.1, 0.15) is 11.5 Å². The lowest BCUT2D eigenvalue weighted by Crippen LogP contribution is -2.43. The van der Waals surface area contributed by atoms with Crippen molar-refractivity contribution in [3.63, 3.8) is 0 Å². The van der Waals surface area contributed by atoms with Crippen molar-refractivity contribution >= 4 is 40.8 Å². The van der Waals surface area contributed by atoms with Crippen LogP contribution in [-0.2, 0) is 27.4 Å². The van der Waals surface area contributed by atoms with Crippen LogP contribution in [0, 0.1) is 11.7 Å². The molecular formula is C28H26Cl2FN3O4. The van der Waals surface area contributed by atoms with Gasteiger partial charge in [0.25, 0.3) is 0 Å². The SMILES string of the molecule is O=C(O)CCc1ccc(N2C(=O)[C@@H]3C[C@H]2C[C@H]3OCc2c(C3CC3)cnn2-c2c(Cl)cccc2Cl)c(F)c1. The van der Waals surface area contributed by atoms with Gasteiger partial charge in [-0.15, -0.1) is 0 Å². The summed E-state index contributed by atoms with van der Waals surface area (Å²) < 4.78 is 23.1. The summed E-state index contributed by atoms with van der Waals surface area (Å²) in [5.41, 5.74) is 3.44. The predicted molar refractivity (Wildman–Crippen MR) is 140 cm³/mol. The smallest absolute Gasteiger partial charge is 0.303 e. The van der Waals surface area contributed by atoms with Crippen LogP contribution in [0.4, 0.5) is 10.1 Å². The van der Waals surface area contributed by atoms with E-state index in [4.69, 9.17) is 33.0 Å². The minimum atomic E-state index is -0.935. The predicted octanol–water partition coefficient (Wildman–Crippen LogP) is 5.92. The zero-order valence-electron chi connectivity index (χ0n) is 20.4. The van der Waals surface area contributed by atoms with Gasteiger partial charge in [-0.3, -0.25) is 9.59 Å². The topological polar surface area (TPSA) is 84.7 Å². The Morgan fingerprint density at radius 3 is 2.58 bits per heavy atom. The highest BCUT2D eigenvalue weighted by molar-refractivity contribution is 6.37. The molecule has 0 radical (unpaired) electrons. The largest absolute Gasteiger partial charge is 0.481 e. The van der Waals surface area contributed by atoms with Crippen LogP contribution in [0.3, 0.4) is 0 Å². The fourth-order valence-corrected chi connectivity index (χ4v) is 6.35. The van der Waals surface area contributed by atoms with Gasteiger partial charge in [-0.2, -0.15) is 5.10 Å². The van der Waals surface area contributed by atoms with Crippen molar-refractivity contribution in [1.29, 1.82) is 0 Å². The van der Waals surface area contributed by atoms with Crippen LogP contribution in [0.5, 0.6) is 0 Å². The number of benzene rings is 2. The Bertz CT molecular complexity index is 1400. The molecule has 6 rings (SSSR count). The van der Waals surface area contributed by atoms with E-state index < -0.39 is 11.8 Å².